The fourth-order valence-corrected chi connectivity index (χ4v) is 2.51. The first kappa shape index (κ1) is 14.9. The fraction of sp³-hybridized carbons (Fsp3) is 0.235. The third-order valence-corrected chi connectivity index (χ3v) is 3.75. The van der Waals surface area contributed by atoms with Gasteiger partial charge in [-0.25, -0.2) is 4.79 Å². The Labute approximate surface area is 133 Å². The second-order valence-electron chi connectivity index (χ2n) is 5.06. The van der Waals surface area contributed by atoms with Gasteiger partial charge in [0.2, 0.25) is 0 Å². The molecule has 0 spiro atoms. The first-order valence-electron chi connectivity index (χ1n) is 7.01. The number of hydrogen-bond donors (Lipinski definition) is 0. The topological polar surface area (TPSA) is 81.4 Å². The lowest BCUT2D eigenvalue weighted by Crippen LogP contribution is -2.24. The molecule has 23 heavy (non-hydrogen) atoms. The predicted octanol–water partition coefficient (Wildman–Crippen LogP) is 2.56. The van der Waals surface area contributed by atoms with Crippen molar-refractivity contribution < 1.29 is 19.0 Å². The summed E-state index contributed by atoms with van der Waals surface area (Å²) in [5, 5.41) is 9.11. The monoisotopic (exact) mass is 310 g/mol. The number of methoxy groups -OCH3 is 1. The highest BCUT2D eigenvalue weighted by Gasteiger charge is 2.28. The Morgan fingerprint density at radius 3 is 3.00 bits per heavy atom. The number of hydrogen-bond acceptors (Lipinski definition) is 6. The second-order valence-corrected chi connectivity index (χ2v) is 5.06. The highest BCUT2D eigenvalue weighted by molar-refractivity contribution is 5.93. The molecule has 1 aromatic heterocycles. The first-order valence-corrected chi connectivity index (χ1v) is 7.01. The van der Waals surface area contributed by atoms with Gasteiger partial charge in [-0.3, -0.25) is 4.98 Å². The van der Waals surface area contributed by atoms with E-state index in [0.29, 0.717) is 22.6 Å². The molecule has 2 heterocycles. The van der Waals surface area contributed by atoms with Crippen LogP contribution in [0.4, 0.5) is 0 Å². The van der Waals surface area contributed by atoms with Gasteiger partial charge in [-0.05, 0) is 24.6 Å². The van der Waals surface area contributed by atoms with Crippen molar-refractivity contribution in [3.8, 4) is 17.6 Å². The number of nitrogens with zero attached hydrogens (tertiary/aromatic N) is 2. The molecule has 0 bridgehead atoms. The summed E-state index contributed by atoms with van der Waals surface area (Å²) in [5.74, 6) is 0.358. The number of fused-ring (bicyclic) bond motifs is 1. The number of para-hydroxylation sites is 1. The van der Waals surface area contributed by atoms with Gasteiger partial charge in [-0.2, -0.15) is 5.26 Å². The quantitative estimate of drug-likeness (QED) is 0.793. The number of aromatic nitrogens is 1. The minimum atomic E-state index is -0.478. The van der Waals surface area contributed by atoms with Gasteiger partial charge in [0.15, 0.2) is 17.6 Å². The molecule has 0 N–H and O–H groups in total. The number of pyridine rings is 1. The average Bonchev–Trinajstić information content (AvgIpc) is 2.60. The Morgan fingerprint density at radius 2 is 2.26 bits per heavy atom. The minimum Gasteiger partial charge on any atom is -0.485 e. The molecule has 1 aliphatic rings. The molecule has 6 nitrogen and oxygen atoms in total. The second kappa shape index (κ2) is 5.97. The smallest absolute Gasteiger partial charge is 0.341 e. The van der Waals surface area contributed by atoms with Crippen LogP contribution in [0.3, 0.4) is 0 Å². The third-order valence-electron chi connectivity index (χ3n) is 3.75. The van der Waals surface area contributed by atoms with E-state index in [9.17, 15) is 4.79 Å². The molecule has 0 amide bonds. The molecule has 0 saturated carbocycles. The number of rotatable bonds is 2. The Bertz CT molecular complexity index is 811. The lowest BCUT2D eigenvalue weighted by atomic mass is 10.0. The summed E-state index contributed by atoms with van der Waals surface area (Å²) < 4.78 is 16.4. The van der Waals surface area contributed by atoms with E-state index in [2.05, 4.69) is 11.1 Å². The summed E-state index contributed by atoms with van der Waals surface area (Å²) in [6.07, 6.45) is 2.79. The molecule has 1 aliphatic heterocycles. The Morgan fingerprint density at radius 1 is 1.43 bits per heavy atom. The summed E-state index contributed by atoms with van der Waals surface area (Å²) in [4.78, 5) is 15.8. The maximum absolute atomic E-state index is 11.8. The van der Waals surface area contributed by atoms with Crippen molar-refractivity contribution in [3.63, 3.8) is 0 Å². The van der Waals surface area contributed by atoms with Crippen LogP contribution in [0, 0.1) is 18.3 Å². The van der Waals surface area contributed by atoms with Gasteiger partial charge >= 0.3 is 5.97 Å². The van der Waals surface area contributed by atoms with Crippen molar-refractivity contribution >= 4 is 5.97 Å². The largest absolute Gasteiger partial charge is 0.485 e. The van der Waals surface area contributed by atoms with E-state index in [1.807, 2.05) is 6.92 Å². The number of carbonyl (C=O) groups is 1. The van der Waals surface area contributed by atoms with Crippen molar-refractivity contribution in [2.75, 3.05) is 13.7 Å². The van der Waals surface area contributed by atoms with Gasteiger partial charge in [-0.15, -0.1) is 0 Å². The number of carbonyl (C=O) groups excluding carboxylic acids is 1. The van der Waals surface area contributed by atoms with Crippen LogP contribution in [0.5, 0.6) is 11.5 Å². The van der Waals surface area contributed by atoms with Crippen molar-refractivity contribution in [2.45, 2.75) is 13.0 Å². The molecule has 1 unspecified atom stereocenters. The summed E-state index contributed by atoms with van der Waals surface area (Å²) in [6, 6.07) is 7.16. The number of ether oxygens (including phenoxy) is 3. The van der Waals surface area contributed by atoms with Crippen molar-refractivity contribution in [2.24, 2.45) is 0 Å². The van der Waals surface area contributed by atoms with Crippen LogP contribution in [-0.2, 0) is 4.74 Å². The van der Waals surface area contributed by atoms with E-state index < -0.39 is 12.1 Å². The summed E-state index contributed by atoms with van der Waals surface area (Å²) >= 11 is 0. The molecule has 0 saturated heterocycles. The molecule has 1 aromatic carbocycles. The molecular formula is C17H14N2O4. The van der Waals surface area contributed by atoms with Gasteiger partial charge in [0, 0.05) is 18.0 Å². The van der Waals surface area contributed by atoms with Gasteiger partial charge in [0.05, 0.1) is 12.7 Å². The maximum atomic E-state index is 11.8. The van der Waals surface area contributed by atoms with Crippen LogP contribution >= 0.6 is 0 Å². The Balaban J connectivity index is 1.96. The molecule has 0 fully saturated rings. The first-order chi connectivity index (χ1) is 11.2. The van der Waals surface area contributed by atoms with Crippen molar-refractivity contribution in [1.29, 1.82) is 5.26 Å². The number of nitriles is 1. The molecule has 0 radical (unpaired) electrons. The van der Waals surface area contributed by atoms with Crippen LogP contribution in [0.2, 0.25) is 0 Å². The van der Waals surface area contributed by atoms with Gasteiger partial charge < -0.3 is 14.2 Å². The van der Waals surface area contributed by atoms with Crippen LogP contribution in [0.15, 0.2) is 30.6 Å². The number of esters is 1. The standard InChI is InChI=1S/C17H14N2O4/c1-10-11(6-18)7-19-8-13(10)15-9-22-16-12(17(20)21-2)4-3-5-14(16)23-15/h3-5,7-8,15H,9H2,1-2H3. The van der Waals surface area contributed by atoms with Gasteiger partial charge in [0.1, 0.15) is 18.2 Å². The molecule has 3 rings (SSSR count). The zero-order valence-corrected chi connectivity index (χ0v) is 12.7. The zero-order chi connectivity index (χ0) is 16.4. The molecule has 0 aliphatic carbocycles. The van der Waals surface area contributed by atoms with Crippen LogP contribution in [-0.4, -0.2) is 24.7 Å². The zero-order valence-electron chi connectivity index (χ0n) is 12.7. The third kappa shape index (κ3) is 2.57. The SMILES string of the molecule is COC(=O)c1cccc2c1OCC(c1cncc(C#N)c1C)O2. The van der Waals surface area contributed by atoms with Crippen LogP contribution in [0.1, 0.15) is 33.2 Å². The lowest BCUT2D eigenvalue weighted by molar-refractivity contribution is 0.0571. The van der Waals surface area contributed by atoms with Crippen molar-refractivity contribution in [3.05, 3.63) is 52.8 Å². The molecule has 116 valence electrons. The van der Waals surface area contributed by atoms with Crippen LogP contribution in [0.25, 0.3) is 0 Å². The predicted molar refractivity (Wildman–Crippen MR) is 80.3 cm³/mol. The molecular weight excluding hydrogens is 296 g/mol. The van der Waals surface area contributed by atoms with E-state index >= 15 is 0 Å². The van der Waals surface area contributed by atoms with Crippen LogP contribution < -0.4 is 9.47 Å². The highest BCUT2D eigenvalue weighted by atomic mass is 16.6. The van der Waals surface area contributed by atoms with E-state index in [1.54, 1.807) is 24.4 Å². The maximum Gasteiger partial charge on any atom is 0.341 e. The number of benzene rings is 1. The van der Waals surface area contributed by atoms with E-state index in [1.165, 1.54) is 13.3 Å². The van der Waals surface area contributed by atoms with E-state index in [4.69, 9.17) is 19.5 Å². The van der Waals surface area contributed by atoms with Crippen molar-refractivity contribution in [1.82, 2.24) is 4.98 Å². The molecule has 6 heteroatoms. The van der Waals surface area contributed by atoms with Gasteiger partial charge in [0.25, 0.3) is 0 Å². The Hall–Kier alpha value is -3.07. The average molecular weight is 310 g/mol. The van der Waals surface area contributed by atoms with E-state index in [0.717, 1.165) is 11.1 Å². The molecule has 1 atom stereocenters. The Kier molecular flexibility index (Phi) is 3.85. The summed E-state index contributed by atoms with van der Waals surface area (Å²) in [6.45, 7) is 2.07. The molecule has 2 aromatic rings. The van der Waals surface area contributed by atoms with E-state index in [-0.39, 0.29) is 6.61 Å². The minimum absolute atomic E-state index is 0.221. The fourth-order valence-electron chi connectivity index (χ4n) is 2.51. The normalized spacial score (nSPS) is 15.6. The summed E-state index contributed by atoms with van der Waals surface area (Å²) in [5.41, 5.74) is 2.42. The lowest BCUT2D eigenvalue weighted by Gasteiger charge is -2.28. The summed E-state index contributed by atoms with van der Waals surface area (Å²) in [7, 11) is 1.32. The van der Waals surface area contributed by atoms with Gasteiger partial charge in [-0.1, -0.05) is 6.07 Å². The highest BCUT2D eigenvalue weighted by Crippen LogP contribution is 2.39.